The van der Waals surface area contributed by atoms with Gasteiger partial charge in [-0.15, -0.1) is 10.2 Å². The molecule has 0 aliphatic carbocycles. The molecular weight excluding hydrogens is 494 g/mol. The van der Waals surface area contributed by atoms with E-state index in [1.54, 1.807) is 0 Å². The number of nitro groups is 1. The molecule has 0 saturated heterocycles. The molecule has 1 aromatic heterocycles. The number of sulfonamides is 1. The van der Waals surface area contributed by atoms with Gasteiger partial charge in [-0.1, -0.05) is 15.9 Å². The standard InChI is InChI=1S/C18H14BrN5O6S/c1-30-17-7-6-16(21-22-17)23-31(28,29)14-4-2-13(3-5-14)20-10-11-8-12(19)9-15(18(11)25)24(26)27/h2-10,25H,1H3,(H,21,23)/b20-10+. The van der Waals surface area contributed by atoms with E-state index in [4.69, 9.17) is 4.74 Å². The number of methoxy groups -OCH3 is 1. The molecule has 0 fully saturated rings. The SMILES string of the molecule is COc1ccc(NS(=O)(=O)c2ccc(/N=C/c3cc(Br)cc([N+](=O)[O-])c3O)cc2)nn1. The highest BCUT2D eigenvalue weighted by molar-refractivity contribution is 9.10. The van der Waals surface area contributed by atoms with E-state index in [9.17, 15) is 23.6 Å². The number of aromatic nitrogens is 2. The number of phenolic OH excluding ortho intramolecular Hbond substituents is 1. The van der Waals surface area contributed by atoms with Gasteiger partial charge in [0.2, 0.25) is 11.6 Å². The van der Waals surface area contributed by atoms with Crippen LogP contribution in [0.3, 0.4) is 0 Å². The summed E-state index contributed by atoms with van der Waals surface area (Å²) in [6, 6.07) is 11.0. The molecule has 11 nitrogen and oxygen atoms in total. The van der Waals surface area contributed by atoms with Crippen LogP contribution in [0.5, 0.6) is 11.6 Å². The molecular formula is C18H14BrN5O6S. The van der Waals surface area contributed by atoms with E-state index in [0.717, 1.165) is 0 Å². The van der Waals surface area contributed by atoms with Gasteiger partial charge in [0.25, 0.3) is 10.0 Å². The zero-order chi connectivity index (χ0) is 22.6. The summed E-state index contributed by atoms with van der Waals surface area (Å²) in [6.45, 7) is 0. The van der Waals surface area contributed by atoms with Crippen LogP contribution in [-0.4, -0.2) is 42.0 Å². The molecule has 0 bridgehead atoms. The molecule has 0 aliphatic heterocycles. The van der Waals surface area contributed by atoms with E-state index in [-0.39, 0.29) is 22.2 Å². The van der Waals surface area contributed by atoms with Gasteiger partial charge in [-0.05, 0) is 36.4 Å². The second-order valence-electron chi connectivity index (χ2n) is 5.94. The van der Waals surface area contributed by atoms with Crippen LogP contribution in [0.4, 0.5) is 17.2 Å². The summed E-state index contributed by atoms with van der Waals surface area (Å²) >= 11 is 3.14. The van der Waals surface area contributed by atoms with Crippen LogP contribution >= 0.6 is 15.9 Å². The van der Waals surface area contributed by atoms with Crippen molar-refractivity contribution in [2.75, 3.05) is 11.8 Å². The Labute approximate surface area is 184 Å². The molecule has 160 valence electrons. The molecule has 31 heavy (non-hydrogen) atoms. The Hall–Kier alpha value is -3.58. The summed E-state index contributed by atoms with van der Waals surface area (Å²) in [6.07, 6.45) is 1.24. The first-order valence-electron chi connectivity index (χ1n) is 8.41. The maximum Gasteiger partial charge on any atom is 0.312 e. The minimum absolute atomic E-state index is 0.0228. The molecule has 3 aromatic rings. The third-order valence-corrected chi connectivity index (χ3v) is 5.70. The van der Waals surface area contributed by atoms with Crippen LogP contribution in [-0.2, 0) is 10.0 Å². The number of benzene rings is 2. The quantitative estimate of drug-likeness (QED) is 0.279. The summed E-state index contributed by atoms with van der Waals surface area (Å²) in [5, 5.41) is 28.4. The van der Waals surface area contributed by atoms with Gasteiger partial charge < -0.3 is 9.84 Å². The maximum atomic E-state index is 12.5. The number of ether oxygens (including phenoxy) is 1. The number of nitrogens with zero attached hydrogens (tertiary/aromatic N) is 4. The Morgan fingerprint density at radius 3 is 2.48 bits per heavy atom. The Bertz CT molecular complexity index is 1250. The second-order valence-corrected chi connectivity index (χ2v) is 8.54. The molecule has 0 amide bonds. The summed E-state index contributed by atoms with van der Waals surface area (Å²) in [5.74, 6) is -0.262. The molecule has 0 radical (unpaired) electrons. The predicted octanol–water partition coefficient (Wildman–Crippen LogP) is 3.41. The Kier molecular flexibility index (Phi) is 6.46. The highest BCUT2D eigenvalue weighted by atomic mass is 79.9. The number of hydrogen-bond acceptors (Lipinski definition) is 9. The smallest absolute Gasteiger partial charge is 0.312 e. The van der Waals surface area contributed by atoms with Crippen LogP contribution in [0.1, 0.15) is 5.56 Å². The van der Waals surface area contributed by atoms with Gasteiger partial charge in [-0.2, -0.15) is 0 Å². The summed E-state index contributed by atoms with van der Waals surface area (Å²) < 4.78 is 32.5. The first-order valence-corrected chi connectivity index (χ1v) is 10.7. The zero-order valence-electron chi connectivity index (χ0n) is 15.8. The van der Waals surface area contributed by atoms with E-state index in [1.165, 1.54) is 61.9 Å². The van der Waals surface area contributed by atoms with Crippen molar-refractivity contribution in [1.29, 1.82) is 0 Å². The third-order valence-electron chi connectivity index (χ3n) is 3.87. The van der Waals surface area contributed by atoms with E-state index in [2.05, 4.69) is 35.8 Å². The minimum Gasteiger partial charge on any atom is -0.502 e. The molecule has 0 spiro atoms. The highest BCUT2D eigenvalue weighted by Gasteiger charge is 2.18. The third kappa shape index (κ3) is 5.32. The number of anilines is 1. The average molecular weight is 508 g/mol. The van der Waals surface area contributed by atoms with Gasteiger partial charge in [0.1, 0.15) is 0 Å². The van der Waals surface area contributed by atoms with Crippen molar-refractivity contribution in [2.24, 2.45) is 4.99 Å². The average Bonchev–Trinajstić information content (AvgIpc) is 2.74. The summed E-state index contributed by atoms with van der Waals surface area (Å²) in [5.41, 5.74) is 0.0210. The molecule has 1 heterocycles. The van der Waals surface area contributed by atoms with Crippen LogP contribution in [0.2, 0.25) is 0 Å². The number of aliphatic imine (C=N–C) groups is 1. The van der Waals surface area contributed by atoms with Gasteiger partial charge >= 0.3 is 5.69 Å². The molecule has 3 rings (SSSR count). The zero-order valence-corrected chi connectivity index (χ0v) is 18.2. The van der Waals surface area contributed by atoms with Gasteiger partial charge in [0.05, 0.1) is 22.6 Å². The lowest BCUT2D eigenvalue weighted by Gasteiger charge is -2.07. The van der Waals surface area contributed by atoms with Crippen LogP contribution < -0.4 is 9.46 Å². The van der Waals surface area contributed by atoms with Gasteiger partial charge in [-0.25, -0.2) is 8.42 Å². The van der Waals surface area contributed by atoms with Crippen LogP contribution in [0.15, 0.2) is 62.9 Å². The van der Waals surface area contributed by atoms with Crippen molar-refractivity contribution in [3.63, 3.8) is 0 Å². The van der Waals surface area contributed by atoms with Crippen LogP contribution in [0.25, 0.3) is 0 Å². The van der Waals surface area contributed by atoms with E-state index in [1.807, 2.05) is 0 Å². The number of phenols is 1. The number of hydrogen-bond donors (Lipinski definition) is 2. The highest BCUT2D eigenvalue weighted by Crippen LogP contribution is 2.32. The van der Waals surface area contributed by atoms with Crippen molar-refractivity contribution in [2.45, 2.75) is 4.90 Å². The van der Waals surface area contributed by atoms with Crippen molar-refractivity contribution < 1.29 is 23.2 Å². The van der Waals surface area contributed by atoms with Crippen LogP contribution in [0, 0.1) is 10.1 Å². The topological polar surface area (TPSA) is 157 Å². The lowest BCUT2D eigenvalue weighted by atomic mass is 10.2. The fourth-order valence-corrected chi connectivity index (χ4v) is 3.84. The number of rotatable bonds is 7. The Balaban J connectivity index is 1.79. The number of nitrogens with one attached hydrogen (secondary N) is 1. The van der Waals surface area contributed by atoms with E-state index in [0.29, 0.717) is 10.2 Å². The number of halogens is 1. The molecule has 2 aromatic carbocycles. The van der Waals surface area contributed by atoms with Crippen molar-refractivity contribution in [3.05, 3.63) is 68.7 Å². The van der Waals surface area contributed by atoms with Gasteiger partial charge in [0, 0.05) is 28.4 Å². The lowest BCUT2D eigenvalue weighted by Crippen LogP contribution is -2.14. The molecule has 2 N–H and O–H groups in total. The fourth-order valence-electron chi connectivity index (χ4n) is 2.38. The Morgan fingerprint density at radius 1 is 1.19 bits per heavy atom. The maximum absolute atomic E-state index is 12.5. The van der Waals surface area contributed by atoms with Gasteiger partial charge in [-0.3, -0.25) is 19.8 Å². The van der Waals surface area contributed by atoms with E-state index >= 15 is 0 Å². The number of nitro benzene ring substituents is 1. The molecule has 0 aliphatic rings. The summed E-state index contributed by atoms with van der Waals surface area (Å²) in [4.78, 5) is 14.4. The lowest BCUT2D eigenvalue weighted by molar-refractivity contribution is -0.385. The monoisotopic (exact) mass is 507 g/mol. The van der Waals surface area contributed by atoms with E-state index < -0.39 is 26.4 Å². The first-order chi connectivity index (χ1) is 14.7. The summed E-state index contributed by atoms with van der Waals surface area (Å²) in [7, 11) is -2.50. The Morgan fingerprint density at radius 2 is 1.90 bits per heavy atom. The normalized spacial score (nSPS) is 11.4. The van der Waals surface area contributed by atoms with Gasteiger partial charge in [0.15, 0.2) is 5.82 Å². The number of aromatic hydroxyl groups is 1. The fraction of sp³-hybridized carbons (Fsp3) is 0.0556. The molecule has 0 saturated carbocycles. The van der Waals surface area contributed by atoms with Crippen molar-refractivity contribution >= 4 is 49.4 Å². The second kappa shape index (κ2) is 9.06. The van der Waals surface area contributed by atoms with Crippen molar-refractivity contribution in [1.82, 2.24) is 10.2 Å². The minimum atomic E-state index is -3.91. The molecule has 0 unspecified atom stereocenters. The predicted molar refractivity (Wildman–Crippen MR) is 116 cm³/mol. The molecule has 0 atom stereocenters. The van der Waals surface area contributed by atoms with Crippen molar-refractivity contribution in [3.8, 4) is 11.6 Å². The first kappa shape index (κ1) is 22.1. The molecule has 13 heteroatoms. The largest absolute Gasteiger partial charge is 0.502 e.